The number of aromatic nitrogens is 2. The van der Waals surface area contributed by atoms with Gasteiger partial charge in [0.15, 0.2) is 0 Å². The molecule has 2 heterocycles. The lowest BCUT2D eigenvalue weighted by atomic mass is 9.91. The lowest BCUT2D eigenvalue weighted by Crippen LogP contribution is -2.32. The molecule has 1 saturated carbocycles. The van der Waals surface area contributed by atoms with Crippen LogP contribution in [0, 0.1) is 0 Å². The van der Waals surface area contributed by atoms with Crippen LogP contribution in [0.1, 0.15) is 55.0 Å². The summed E-state index contributed by atoms with van der Waals surface area (Å²) in [6, 6.07) is 8.50. The zero-order valence-corrected chi connectivity index (χ0v) is 15.2. The fraction of sp³-hybridized carbons (Fsp3) is 0.500. The van der Waals surface area contributed by atoms with Crippen LogP contribution in [0.15, 0.2) is 24.3 Å². The van der Waals surface area contributed by atoms with Crippen molar-refractivity contribution >= 4 is 11.8 Å². The summed E-state index contributed by atoms with van der Waals surface area (Å²) in [6.45, 7) is 5.46. The third-order valence-electron chi connectivity index (χ3n) is 5.20. The molecular formula is C20H26N4O. The monoisotopic (exact) mass is 338 g/mol. The van der Waals surface area contributed by atoms with Crippen LogP contribution in [0.2, 0.25) is 0 Å². The van der Waals surface area contributed by atoms with Crippen LogP contribution in [0.4, 0.5) is 11.8 Å². The van der Waals surface area contributed by atoms with Gasteiger partial charge in [-0.1, -0.05) is 18.2 Å². The van der Waals surface area contributed by atoms with Gasteiger partial charge in [-0.15, -0.1) is 0 Å². The van der Waals surface area contributed by atoms with Crippen molar-refractivity contribution in [1.82, 2.24) is 9.97 Å². The number of hydrogen-bond acceptors (Lipinski definition) is 5. The predicted molar refractivity (Wildman–Crippen MR) is 100.0 cm³/mol. The molecule has 0 amide bonds. The van der Waals surface area contributed by atoms with E-state index in [2.05, 4.69) is 38.4 Å². The summed E-state index contributed by atoms with van der Waals surface area (Å²) in [5.74, 6) is 2.33. The Hall–Kier alpha value is -2.14. The zero-order valence-electron chi connectivity index (χ0n) is 15.2. The molecule has 1 aliphatic carbocycles. The average Bonchev–Trinajstić information content (AvgIpc) is 3.44. The van der Waals surface area contributed by atoms with Gasteiger partial charge in [0.1, 0.15) is 5.82 Å². The van der Waals surface area contributed by atoms with E-state index in [1.807, 2.05) is 27.0 Å². The summed E-state index contributed by atoms with van der Waals surface area (Å²) in [5, 5.41) is 13.3. The second-order valence-electron chi connectivity index (χ2n) is 7.71. The molecule has 5 nitrogen and oxygen atoms in total. The van der Waals surface area contributed by atoms with Gasteiger partial charge >= 0.3 is 0 Å². The van der Waals surface area contributed by atoms with Crippen LogP contribution in [0.5, 0.6) is 0 Å². The summed E-state index contributed by atoms with van der Waals surface area (Å²) in [4.78, 5) is 11.6. The molecule has 2 aliphatic rings. The first-order chi connectivity index (χ1) is 11.9. The van der Waals surface area contributed by atoms with Crippen molar-refractivity contribution in [3.63, 3.8) is 0 Å². The molecule has 132 valence electrons. The Labute approximate surface area is 149 Å². The molecule has 4 rings (SSSR count). The van der Waals surface area contributed by atoms with Crippen LogP contribution < -0.4 is 10.2 Å². The van der Waals surface area contributed by atoms with Crippen molar-refractivity contribution in [2.24, 2.45) is 0 Å². The van der Waals surface area contributed by atoms with Gasteiger partial charge in [-0.25, -0.2) is 4.98 Å². The minimum absolute atomic E-state index is 0.611. The maximum Gasteiger partial charge on any atom is 0.224 e. The number of nitrogens with one attached hydrogen (secondary N) is 1. The van der Waals surface area contributed by atoms with Gasteiger partial charge in [0, 0.05) is 32.1 Å². The molecule has 0 radical (unpaired) electrons. The largest absolute Gasteiger partial charge is 0.386 e. The van der Waals surface area contributed by atoms with Crippen LogP contribution in [0.3, 0.4) is 0 Å². The first kappa shape index (κ1) is 16.3. The molecule has 1 aromatic heterocycles. The number of nitrogens with zero attached hydrogens (tertiary/aromatic N) is 3. The number of benzene rings is 1. The Balaban J connectivity index is 1.61. The quantitative estimate of drug-likeness (QED) is 0.896. The van der Waals surface area contributed by atoms with Gasteiger partial charge in [-0.05, 0) is 49.8 Å². The van der Waals surface area contributed by atoms with E-state index in [9.17, 15) is 5.11 Å². The van der Waals surface area contributed by atoms with Crippen molar-refractivity contribution < 1.29 is 5.11 Å². The highest BCUT2D eigenvalue weighted by Gasteiger charge is 2.28. The number of rotatable bonds is 4. The highest BCUT2D eigenvalue weighted by atomic mass is 16.3. The SMILES string of the molecule is CNc1nc(C2CC2)cc(N2CCc3cc(C(C)(C)O)ccc3C2)n1. The number of fused-ring (bicyclic) bond motifs is 1. The summed E-state index contributed by atoms with van der Waals surface area (Å²) in [6.07, 6.45) is 3.45. The van der Waals surface area contributed by atoms with E-state index < -0.39 is 5.60 Å². The molecule has 1 fully saturated rings. The second kappa shape index (κ2) is 5.99. The Morgan fingerprint density at radius 1 is 1.16 bits per heavy atom. The Kier molecular flexibility index (Phi) is 3.91. The first-order valence-electron chi connectivity index (χ1n) is 9.10. The van der Waals surface area contributed by atoms with Gasteiger partial charge < -0.3 is 15.3 Å². The highest BCUT2D eigenvalue weighted by Crippen LogP contribution is 2.40. The third-order valence-corrected chi connectivity index (χ3v) is 5.20. The van der Waals surface area contributed by atoms with Gasteiger partial charge in [0.05, 0.1) is 11.3 Å². The van der Waals surface area contributed by atoms with Crippen LogP contribution in [0.25, 0.3) is 0 Å². The van der Waals surface area contributed by atoms with Crippen molar-refractivity contribution in [2.75, 3.05) is 23.8 Å². The van der Waals surface area contributed by atoms with E-state index in [1.165, 1.54) is 24.0 Å². The summed E-state index contributed by atoms with van der Waals surface area (Å²) in [5.41, 5.74) is 4.01. The van der Waals surface area contributed by atoms with E-state index in [1.54, 1.807) is 0 Å². The molecule has 0 saturated heterocycles. The molecule has 0 atom stereocenters. The van der Waals surface area contributed by atoms with Crippen molar-refractivity contribution in [2.45, 2.75) is 51.2 Å². The molecule has 2 N–H and O–H groups in total. The minimum Gasteiger partial charge on any atom is -0.386 e. The van der Waals surface area contributed by atoms with E-state index in [0.717, 1.165) is 36.6 Å². The number of anilines is 2. The Bertz CT molecular complexity index is 793. The fourth-order valence-corrected chi connectivity index (χ4v) is 3.44. The van der Waals surface area contributed by atoms with Crippen LogP contribution in [-0.4, -0.2) is 28.7 Å². The summed E-state index contributed by atoms with van der Waals surface area (Å²) in [7, 11) is 1.87. The van der Waals surface area contributed by atoms with Crippen LogP contribution >= 0.6 is 0 Å². The van der Waals surface area contributed by atoms with E-state index in [0.29, 0.717) is 11.9 Å². The average molecular weight is 338 g/mol. The van der Waals surface area contributed by atoms with Gasteiger partial charge in [-0.2, -0.15) is 4.98 Å². The van der Waals surface area contributed by atoms with Crippen molar-refractivity contribution in [3.05, 3.63) is 46.6 Å². The molecule has 5 heteroatoms. The van der Waals surface area contributed by atoms with E-state index in [4.69, 9.17) is 0 Å². The van der Waals surface area contributed by atoms with Gasteiger partial charge in [0.25, 0.3) is 0 Å². The maximum atomic E-state index is 10.2. The summed E-state index contributed by atoms with van der Waals surface area (Å²) >= 11 is 0. The smallest absolute Gasteiger partial charge is 0.224 e. The zero-order chi connectivity index (χ0) is 17.6. The first-order valence-corrected chi connectivity index (χ1v) is 9.10. The minimum atomic E-state index is -0.792. The maximum absolute atomic E-state index is 10.2. The normalized spacial score (nSPS) is 17.4. The van der Waals surface area contributed by atoms with Gasteiger partial charge in [-0.3, -0.25) is 0 Å². The molecule has 2 aromatic rings. The van der Waals surface area contributed by atoms with Crippen molar-refractivity contribution in [1.29, 1.82) is 0 Å². The van der Waals surface area contributed by atoms with Crippen molar-refractivity contribution in [3.8, 4) is 0 Å². The Morgan fingerprint density at radius 2 is 1.96 bits per heavy atom. The second-order valence-corrected chi connectivity index (χ2v) is 7.71. The molecule has 1 aromatic carbocycles. The topological polar surface area (TPSA) is 61.3 Å². The third kappa shape index (κ3) is 3.33. The van der Waals surface area contributed by atoms with E-state index in [-0.39, 0.29) is 0 Å². The predicted octanol–water partition coefficient (Wildman–Crippen LogP) is 3.19. The fourth-order valence-electron chi connectivity index (χ4n) is 3.44. The number of hydrogen-bond donors (Lipinski definition) is 2. The molecule has 0 unspecified atom stereocenters. The lowest BCUT2D eigenvalue weighted by Gasteiger charge is -2.31. The standard InChI is InChI=1S/C20H26N4O/c1-20(2,25)16-7-6-15-12-24(9-8-14(15)10-16)18-11-17(13-4-5-13)22-19(21-3)23-18/h6-7,10-11,13,25H,4-5,8-9,12H2,1-3H3,(H,21,22,23). The number of aliphatic hydroxyl groups is 1. The molecular weight excluding hydrogens is 312 g/mol. The van der Waals surface area contributed by atoms with Gasteiger partial charge in [0.2, 0.25) is 5.95 Å². The lowest BCUT2D eigenvalue weighted by molar-refractivity contribution is 0.0785. The van der Waals surface area contributed by atoms with Crippen LogP contribution in [-0.2, 0) is 18.6 Å². The molecule has 0 spiro atoms. The molecule has 25 heavy (non-hydrogen) atoms. The van der Waals surface area contributed by atoms with E-state index >= 15 is 0 Å². The summed E-state index contributed by atoms with van der Waals surface area (Å²) < 4.78 is 0. The Morgan fingerprint density at radius 3 is 2.64 bits per heavy atom. The molecule has 1 aliphatic heterocycles. The highest BCUT2D eigenvalue weighted by molar-refractivity contribution is 5.49. The molecule has 0 bridgehead atoms.